The Morgan fingerprint density at radius 2 is 1.94 bits per heavy atom. The van der Waals surface area contributed by atoms with Crippen LogP contribution in [0.4, 0.5) is 11.5 Å². The topological polar surface area (TPSA) is 117 Å². The van der Waals surface area contributed by atoms with Gasteiger partial charge in [-0.3, -0.25) is 9.67 Å². The van der Waals surface area contributed by atoms with Crippen LogP contribution in [0, 0.1) is 6.92 Å². The maximum absolute atomic E-state index is 5.52. The third-order valence-electron chi connectivity index (χ3n) is 4.64. The Balaban J connectivity index is 1.58. The number of nitrogens with zero attached hydrogens (tertiary/aromatic N) is 7. The summed E-state index contributed by atoms with van der Waals surface area (Å²) in [6.07, 6.45) is 5.03. The van der Waals surface area contributed by atoms with Crippen molar-refractivity contribution in [2.24, 2.45) is 0 Å². The van der Waals surface area contributed by atoms with E-state index in [0.29, 0.717) is 41.4 Å². The highest BCUT2D eigenvalue weighted by Crippen LogP contribution is 2.30. The van der Waals surface area contributed by atoms with Crippen molar-refractivity contribution >= 4 is 22.4 Å². The van der Waals surface area contributed by atoms with Crippen molar-refractivity contribution in [1.82, 2.24) is 34.9 Å². The molecule has 154 valence electrons. The fraction of sp³-hybridized carbons (Fsp3) is 0.143. The summed E-state index contributed by atoms with van der Waals surface area (Å²) in [5.74, 6) is 2.51. The van der Waals surface area contributed by atoms with Crippen LogP contribution >= 0.6 is 0 Å². The summed E-state index contributed by atoms with van der Waals surface area (Å²) in [6, 6.07) is 11.6. The standard InChI is InChI=1S/C21H18N8O2/c1-13-26-27-18(31-13)12-29-16-6-4-3-5-15(16)19(28-29)21-23-11-17(30-2)20(25-21)24-14-7-9-22-10-8-14/h3-11H,12H2,1-2H3,(H,22,23,24,25). The minimum absolute atomic E-state index is 0.347. The zero-order valence-corrected chi connectivity index (χ0v) is 16.9. The summed E-state index contributed by atoms with van der Waals surface area (Å²) >= 11 is 0. The number of pyridine rings is 1. The van der Waals surface area contributed by atoms with Gasteiger partial charge in [-0.15, -0.1) is 10.2 Å². The maximum Gasteiger partial charge on any atom is 0.237 e. The lowest BCUT2D eigenvalue weighted by atomic mass is 10.2. The third-order valence-corrected chi connectivity index (χ3v) is 4.64. The average Bonchev–Trinajstić information content (AvgIpc) is 3.38. The second-order valence-corrected chi connectivity index (χ2v) is 6.71. The number of benzene rings is 1. The lowest BCUT2D eigenvalue weighted by molar-refractivity contribution is 0.413. The van der Waals surface area contributed by atoms with E-state index < -0.39 is 0 Å². The molecule has 0 radical (unpaired) electrons. The largest absolute Gasteiger partial charge is 0.491 e. The Morgan fingerprint density at radius 3 is 2.71 bits per heavy atom. The first-order valence-electron chi connectivity index (χ1n) is 9.54. The van der Waals surface area contributed by atoms with Gasteiger partial charge in [-0.2, -0.15) is 5.10 Å². The number of hydrogen-bond acceptors (Lipinski definition) is 9. The van der Waals surface area contributed by atoms with Gasteiger partial charge in [0.2, 0.25) is 11.8 Å². The number of para-hydroxylation sites is 1. The first kappa shape index (κ1) is 18.7. The van der Waals surface area contributed by atoms with Crippen molar-refractivity contribution in [2.45, 2.75) is 13.5 Å². The van der Waals surface area contributed by atoms with Gasteiger partial charge in [-0.25, -0.2) is 9.97 Å². The van der Waals surface area contributed by atoms with E-state index >= 15 is 0 Å². The minimum Gasteiger partial charge on any atom is -0.491 e. The minimum atomic E-state index is 0.347. The number of hydrogen-bond donors (Lipinski definition) is 1. The number of methoxy groups -OCH3 is 1. The number of aryl methyl sites for hydroxylation is 1. The van der Waals surface area contributed by atoms with Gasteiger partial charge in [-0.05, 0) is 18.2 Å². The molecule has 0 amide bonds. The van der Waals surface area contributed by atoms with Crippen LogP contribution in [0.15, 0.2) is 59.4 Å². The van der Waals surface area contributed by atoms with Crippen molar-refractivity contribution < 1.29 is 9.15 Å². The van der Waals surface area contributed by atoms with Crippen LogP contribution in [0.3, 0.4) is 0 Å². The first-order valence-corrected chi connectivity index (χ1v) is 9.54. The molecule has 0 saturated heterocycles. The van der Waals surface area contributed by atoms with Crippen LogP contribution in [-0.4, -0.2) is 42.0 Å². The monoisotopic (exact) mass is 414 g/mol. The van der Waals surface area contributed by atoms with E-state index in [4.69, 9.17) is 14.3 Å². The Kier molecular flexibility index (Phi) is 4.71. The Hall–Kier alpha value is -4.34. The summed E-state index contributed by atoms with van der Waals surface area (Å²) < 4.78 is 12.8. The van der Waals surface area contributed by atoms with E-state index in [1.165, 1.54) is 0 Å². The summed E-state index contributed by atoms with van der Waals surface area (Å²) in [4.78, 5) is 13.2. The lowest BCUT2D eigenvalue weighted by Crippen LogP contribution is -2.03. The molecule has 5 aromatic rings. The normalized spacial score (nSPS) is 11.0. The molecule has 31 heavy (non-hydrogen) atoms. The quantitative estimate of drug-likeness (QED) is 0.446. The van der Waals surface area contributed by atoms with Crippen LogP contribution in [0.5, 0.6) is 5.75 Å². The Labute approximate surface area is 177 Å². The van der Waals surface area contributed by atoms with E-state index in [1.54, 1.807) is 37.3 Å². The molecule has 0 spiro atoms. The highest BCUT2D eigenvalue weighted by Gasteiger charge is 2.18. The number of rotatable bonds is 6. The zero-order chi connectivity index (χ0) is 21.2. The molecule has 4 aromatic heterocycles. The number of aromatic nitrogens is 7. The molecule has 0 bridgehead atoms. The molecule has 0 fully saturated rings. The van der Waals surface area contributed by atoms with Gasteiger partial charge >= 0.3 is 0 Å². The van der Waals surface area contributed by atoms with Crippen LogP contribution in [0.2, 0.25) is 0 Å². The molecule has 10 nitrogen and oxygen atoms in total. The van der Waals surface area contributed by atoms with E-state index in [2.05, 4.69) is 30.5 Å². The molecule has 0 unspecified atom stereocenters. The smallest absolute Gasteiger partial charge is 0.237 e. The number of ether oxygens (including phenoxy) is 1. The van der Waals surface area contributed by atoms with Gasteiger partial charge in [0.1, 0.15) is 12.2 Å². The van der Waals surface area contributed by atoms with E-state index in [-0.39, 0.29) is 0 Å². The second-order valence-electron chi connectivity index (χ2n) is 6.71. The lowest BCUT2D eigenvalue weighted by Gasteiger charge is -2.10. The number of anilines is 2. The molecule has 5 rings (SSSR count). The fourth-order valence-corrected chi connectivity index (χ4v) is 3.24. The Morgan fingerprint density at radius 1 is 1.10 bits per heavy atom. The van der Waals surface area contributed by atoms with Gasteiger partial charge in [0.05, 0.1) is 18.8 Å². The van der Waals surface area contributed by atoms with Crippen molar-refractivity contribution in [3.8, 4) is 17.3 Å². The molecule has 0 aliphatic carbocycles. The predicted molar refractivity (Wildman–Crippen MR) is 113 cm³/mol. The molecular weight excluding hydrogens is 396 g/mol. The van der Waals surface area contributed by atoms with Crippen LogP contribution in [0.1, 0.15) is 11.8 Å². The molecule has 0 aliphatic rings. The SMILES string of the molecule is COc1cnc(-c2nn(Cc3nnc(C)o3)c3ccccc23)nc1Nc1ccncc1. The predicted octanol–water partition coefficient (Wildman–Crippen LogP) is 3.38. The third kappa shape index (κ3) is 3.66. The van der Waals surface area contributed by atoms with Crippen LogP contribution < -0.4 is 10.1 Å². The van der Waals surface area contributed by atoms with Gasteiger partial charge in [0, 0.05) is 30.4 Å². The molecule has 0 saturated carbocycles. The van der Waals surface area contributed by atoms with Gasteiger partial charge < -0.3 is 14.5 Å². The summed E-state index contributed by atoms with van der Waals surface area (Å²) in [5, 5.41) is 16.9. The van der Waals surface area contributed by atoms with Crippen LogP contribution in [-0.2, 0) is 6.54 Å². The zero-order valence-electron chi connectivity index (χ0n) is 16.9. The van der Waals surface area contributed by atoms with E-state index in [9.17, 15) is 0 Å². The molecule has 10 heteroatoms. The molecule has 4 heterocycles. The van der Waals surface area contributed by atoms with Crippen molar-refractivity contribution in [2.75, 3.05) is 12.4 Å². The Bertz CT molecular complexity index is 1350. The van der Waals surface area contributed by atoms with Crippen molar-refractivity contribution in [3.63, 3.8) is 0 Å². The average molecular weight is 414 g/mol. The van der Waals surface area contributed by atoms with Crippen LogP contribution in [0.25, 0.3) is 22.4 Å². The first-order chi connectivity index (χ1) is 15.2. The highest BCUT2D eigenvalue weighted by molar-refractivity contribution is 5.92. The van der Waals surface area contributed by atoms with Crippen molar-refractivity contribution in [3.05, 3.63) is 66.8 Å². The fourth-order valence-electron chi connectivity index (χ4n) is 3.24. The van der Waals surface area contributed by atoms with E-state index in [1.807, 2.05) is 36.4 Å². The van der Waals surface area contributed by atoms with Crippen molar-refractivity contribution in [1.29, 1.82) is 0 Å². The maximum atomic E-state index is 5.52. The number of fused-ring (bicyclic) bond motifs is 1. The molecule has 0 aliphatic heterocycles. The number of nitrogens with one attached hydrogen (secondary N) is 1. The van der Waals surface area contributed by atoms with Gasteiger partial charge in [0.25, 0.3) is 0 Å². The molecule has 1 N–H and O–H groups in total. The van der Waals surface area contributed by atoms with Gasteiger partial charge in [-0.1, -0.05) is 18.2 Å². The summed E-state index contributed by atoms with van der Waals surface area (Å²) in [5.41, 5.74) is 2.39. The van der Waals surface area contributed by atoms with E-state index in [0.717, 1.165) is 16.6 Å². The summed E-state index contributed by atoms with van der Waals surface area (Å²) in [6.45, 7) is 2.10. The summed E-state index contributed by atoms with van der Waals surface area (Å²) in [7, 11) is 1.58. The molecule has 1 aromatic carbocycles. The highest BCUT2D eigenvalue weighted by atomic mass is 16.5. The molecular formula is C21H18N8O2. The molecule has 0 atom stereocenters. The van der Waals surface area contributed by atoms with Gasteiger partial charge in [0.15, 0.2) is 17.4 Å². The second kappa shape index (κ2) is 7.82.